The molecule has 0 aliphatic carbocycles. The quantitative estimate of drug-likeness (QED) is 0.540. The third kappa shape index (κ3) is 9.57. The van der Waals surface area contributed by atoms with Crippen molar-refractivity contribution in [2.24, 2.45) is 5.92 Å². The van der Waals surface area contributed by atoms with E-state index in [0.29, 0.717) is 26.1 Å². The molecular weight excluding hydrogens is 262 g/mol. The first kappa shape index (κ1) is 18.7. The van der Waals surface area contributed by atoms with Gasteiger partial charge in [0.05, 0.1) is 6.61 Å². The Balaban J connectivity index is 3.93. The van der Waals surface area contributed by atoms with Crippen LogP contribution in [0.2, 0.25) is 0 Å². The summed E-state index contributed by atoms with van der Waals surface area (Å²) in [6, 6.07) is -1.29. The lowest BCUT2D eigenvalue weighted by molar-refractivity contribution is -0.139. The highest BCUT2D eigenvalue weighted by Crippen LogP contribution is 2.04. The van der Waals surface area contributed by atoms with E-state index in [0.717, 1.165) is 6.54 Å². The molecule has 0 aromatic rings. The van der Waals surface area contributed by atoms with E-state index in [1.807, 2.05) is 25.8 Å². The first-order valence-corrected chi connectivity index (χ1v) is 6.81. The molecule has 0 spiro atoms. The van der Waals surface area contributed by atoms with Crippen molar-refractivity contribution in [2.45, 2.75) is 26.3 Å². The van der Waals surface area contributed by atoms with Gasteiger partial charge in [0, 0.05) is 26.7 Å². The van der Waals surface area contributed by atoms with E-state index in [-0.39, 0.29) is 5.92 Å². The Hall–Kier alpha value is -1.34. The Bertz CT molecular complexity index is 297. The van der Waals surface area contributed by atoms with Gasteiger partial charge in [-0.25, -0.2) is 9.59 Å². The molecule has 0 fully saturated rings. The van der Waals surface area contributed by atoms with Crippen molar-refractivity contribution in [1.82, 2.24) is 15.5 Å². The molecule has 118 valence electrons. The highest BCUT2D eigenvalue weighted by molar-refractivity contribution is 5.82. The number of urea groups is 1. The topological polar surface area (TPSA) is 90.9 Å². The number of methoxy groups -OCH3 is 1. The first-order valence-electron chi connectivity index (χ1n) is 6.81. The van der Waals surface area contributed by atoms with Gasteiger partial charge in [-0.2, -0.15) is 0 Å². The van der Waals surface area contributed by atoms with Crippen molar-refractivity contribution in [3.05, 3.63) is 0 Å². The summed E-state index contributed by atoms with van der Waals surface area (Å²) in [5, 5.41) is 14.1. The van der Waals surface area contributed by atoms with Crippen molar-refractivity contribution in [3.63, 3.8) is 0 Å². The predicted molar refractivity (Wildman–Crippen MR) is 76.8 cm³/mol. The van der Waals surface area contributed by atoms with Crippen molar-refractivity contribution in [2.75, 3.05) is 40.4 Å². The maximum absolute atomic E-state index is 11.6. The Labute approximate surface area is 120 Å². The number of aliphatic carboxylic acids is 1. The molecule has 3 N–H and O–H groups in total. The number of carboxylic acids is 1. The van der Waals surface area contributed by atoms with Crippen molar-refractivity contribution in [3.8, 4) is 0 Å². The van der Waals surface area contributed by atoms with Gasteiger partial charge in [0.2, 0.25) is 0 Å². The summed E-state index contributed by atoms with van der Waals surface area (Å²) in [5.74, 6) is -0.803. The number of likely N-dealkylation sites (N-methyl/N-ethyl adjacent to an activating group) is 1. The van der Waals surface area contributed by atoms with Gasteiger partial charge in [-0.05, 0) is 19.4 Å². The van der Waals surface area contributed by atoms with Crippen LogP contribution in [0.5, 0.6) is 0 Å². The van der Waals surface area contributed by atoms with Crippen LogP contribution in [0.4, 0.5) is 4.79 Å². The summed E-state index contributed by atoms with van der Waals surface area (Å²) < 4.78 is 4.95. The molecule has 0 saturated heterocycles. The molecule has 0 aliphatic heterocycles. The molecule has 0 saturated carbocycles. The van der Waals surface area contributed by atoms with Gasteiger partial charge in [0.25, 0.3) is 0 Å². The van der Waals surface area contributed by atoms with Crippen LogP contribution in [-0.2, 0) is 9.53 Å². The van der Waals surface area contributed by atoms with Crippen LogP contribution in [0.15, 0.2) is 0 Å². The Morgan fingerprint density at radius 3 is 2.45 bits per heavy atom. The zero-order valence-electron chi connectivity index (χ0n) is 12.8. The Morgan fingerprint density at radius 2 is 1.95 bits per heavy atom. The minimum Gasteiger partial charge on any atom is -0.480 e. The number of carboxylic acid groups (broad SMARTS) is 1. The molecule has 0 bridgehead atoms. The van der Waals surface area contributed by atoms with E-state index in [1.165, 1.54) is 0 Å². The summed E-state index contributed by atoms with van der Waals surface area (Å²) in [6.07, 6.45) is 0.413. The van der Waals surface area contributed by atoms with Crippen LogP contribution in [0.25, 0.3) is 0 Å². The predicted octanol–water partition coefficient (Wildman–Crippen LogP) is 0.363. The van der Waals surface area contributed by atoms with Gasteiger partial charge >= 0.3 is 12.0 Å². The monoisotopic (exact) mass is 289 g/mol. The normalized spacial score (nSPS) is 12.5. The van der Waals surface area contributed by atoms with Crippen LogP contribution in [-0.4, -0.2) is 68.4 Å². The molecule has 0 radical (unpaired) electrons. The van der Waals surface area contributed by atoms with E-state index in [4.69, 9.17) is 9.84 Å². The standard InChI is InChI=1S/C13H27N3O4/c1-10(2)9-11(12(17)18)15-13(19)14-5-6-16(3)7-8-20-4/h10-11H,5-9H2,1-4H3,(H,17,18)(H2,14,15,19). The van der Waals surface area contributed by atoms with Crippen LogP contribution in [0.1, 0.15) is 20.3 Å². The van der Waals surface area contributed by atoms with Gasteiger partial charge in [-0.3, -0.25) is 0 Å². The fourth-order valence-corrected chi connectivity index (χ4v) is 1.62. The second kappa shape index (κ2) is 10.4. The van der Waals surface area contributed by atoms with Gasteiger partial charge in [-0.1, -0.05) is 13.8 Å². The lowest BCUT2D eigenvalue weighted by atomic mass is 10.0. The zero-order chi connectivity index (χ0) is 15.5. The Morgan fingerprint density at radius 1 is 1.30 bits per heavy atom. The smallest absolute Gasteiger partial charge is 0.326 e. The molecule has 1 unspecified atom stereocenters. The van der Waals surface area contributed by atoms with E-state index in [1.54, 1.807) is 7.11 Å². The summed E-state index contributed by atoms with van der Waals surface area (Å²) in [5.41, 5.74) is 0. The number of hydrogen-bond donors (Lipinski definition) is 3. The van der Waals surface area contributed by atoms with E-state index in [9.17, 15) is 9.59 Å². The number of hydrogen-bond acceptors (Lipinski definition) is 4. The van der Waals surface area contributed by atoms with E-state index >= 15 is 0 Å². The number of rotatable bonds is 10. The number of nitrogens with zero attached hydrogens (tertiary/aromatic N) is 1. The largest absolute Gasteiger partial charge is 0.480 e. The molecule has 0 aromatic heterocycles. The average molecular weight is 289 g/mol. The van der Waals surface area contributed by atoms with Gasteiger partial charge in [0.15, 0.2) is 0 Å². The Kier molecular flexibility index (Phi) is 9.75. The molecule has 0 aromatic carbocycles. The molecule has 20 heavy (non-hydrogen) atoms. The maximum atomic E-state index is 11.6. The second-order valence-corrected chi connectivity index (χ2v) is 5.22. The van der Waals surface area contributed by atoms with Crippen molar-refractivity contribution >= 4 is 12.0 Å². The molecule has 0 heterocycles. The molecule has 1 atom stereocenters. The summed E-state index contributed by atoms with van der Waals surface area (Å²) in [4.78, 5) is 24.6. The van der Waals surface area contributed by atoms with Crippen molar-refractivity contribution < 1.29 is 19.4 Å². The summed E-state index contributed by atoms with van der Waals surface area (Å²) >= 11 is 0. The van der Waals surface area contributed by atoms with Crippen LogP contribution < -0.4 is 10.6 Å². The van der Waals surface area contributed by atoms with E-state index < -0.39 is 18.0 Å². The summed E-state index contributed by atoms with van der Waals surface area (Å²) in [7, 11) is 3.57. The molecule has 0 rings (SSSR count). The van der Waals surface area contributed by atoms with Gasteiger partial charge < -0.3 is 25.4 Å². The highest BCUT2D eigenvalue weighted by atomic mass is 16.5. The number of amides is 2. The second-order valence-electron chi connectivity index (χ2n) is 5.22. The maximum Gasteiger partial charge on any atom is 0.326 e. The molecule has 7 nitrogen and oxygen atoms in total. The number of nitrogens with one attached hydrogen (secondary N) is 2. The third-order valence-electron chi connectivity index (χ3n) is 2.77. The van der Waals surface area contributed by atoms with Crippen LogP contribution in [0.3, 0.4) is 0 Å². The SMILES string of the molecule is COCCN(C)CCNC(=O)NC(CC(C)C)C(=O)O. The first-order chi connectivity index (χ1) is 9.36. The third-order valence-corrected chi connectivity index (χ3v) is 2.77. The fraction of sp³-hybridized carbons (Fsp3) is 0.846. The number of ether oxygens (including phenoxy) is 1. The molecule has 0 aliphatic rings. The number of carbonyl (C=O) groups is 2. The van der Waals surface area contributed by atoms with Gasteiger partial charge in [-0.15, -0.1) is 0 Å². The fourth-order valence-electron chi connectivity index (χ4n) is 1.62. The zero-order valence-corrected chi connectivity index (χ0v) is 12.8. The molecular formula is C13H27N3O4. The van der Waals surface area contributed by atoms with Crippen LogP contribution in [0, 0.1) is 5.92 Å². The average Bonchev–Trinajstić information content (AvgIpc) is 2.34. The lowest BCUT2D eigenvalue weighted by Crippen LogP contribution is -2.48. The van der Waals surface area contributed by atoms with Crippen LogP contribution >= 0.6 is 0 Å². The lowest BCUT2D eigenvalue weighted by Gasteiger charge is -2.19. The molecule has 7 heteroatoms. The highest BCUT2D eigenvalue weighted by Gasteiger charge is 2.20. The van der Waals surface area contributed by atoms with E-state index in [2.05, 4.69) is 10.6 Å². The van der Waals surface area contributed by atoms with Crippen molar-refractivity contribution in [1.29, 1.82) is 0 Å². The molecule has 2 amide bonds. The number of carbonyl (C=O) groups excluding carboxylic acids is 1. The van der Waals surface area contributed by atoms with Gasteiger partial charge in [0.1, 0.15) is 6.04 Å². The summed E-state index contributed by atoms with van der Waals surface area (Å²) in [6.45, 7) is 6.39. The minimum atomic E-state index is -1.01. The minimum absolute atomic E-state index is 0.205.